The van der Waals surface area contributed by atoms with E-state index in [1.54, 1.807) is 18.2 Å². The largest absolute Gasteiger partial charge is 0.337 e. The van der Waals surface area contributed by atoms with Crippen molar-refractivity contribution in [3.8, 4) is 11.5 Å². The minimum Gasteiger partial charge on any atom is -0.337 e. The molecular formula is C17H10ClF2N5O. The first kappa shape index (κ1) is 16.2. The van der Waals surface area contributed by atoms with Gasteiger partial charge >= 0.3 is 0 Å². The molecule has 0 aliphatic carbocycles. The topological polar surface area (TPSA) is 86.5 Å². The van der Waals surface area contributed by atoms with Gasteiger partial charge in [-0.25, -0.2) is 13.8 Å². The number of anilines is 1. The molecule has 1 amide bonds. The molecule has 0 atom stereocenters. The molecule has 0 radical (unpaired) electrons. The van der Waals surface area contributed by atoms with Crippen LogP contribution in [0.1, 0.15) is 10.4 Å². The van der Waals surface area contributed by atoms with E-state index in [2.05, 4.69) is 25.5 Å². The van der Waals surface area contributed by atoms with Gasteiger partial charge in [0.05, 0.1) is 22.9 Å². The summed E-state index contributed by atoms with van der Waals surface area (Å²) in [5.74, 6) is -2.44. The van der Waals surface area contributed by atoms with Crippen LogP contribution in [0.25, 0.3) is 22.6 Å². The average Bonchev–Trinajstić information content (AvgIpc) is 3.20. The Bertz CT molecular complexity index is 1120. The lowest BCUT2D eigenvalue weighted by Crippen LogP contribution is -2.16. The molecule has 130 valence electrons. The monoisotopic (exact) mass is 373 g/mol. The zero-order chi connectivity index (χ0) is 18.3. The van der Waals surface area contributed by atoms with Crippen molar-refractivity contribution in [2.75, 3.05) is 5.32 Å². The van der Waals surface area contributed by atoms with E-state index in [-0.39, 0.29) is 5.69 Å². The molecule has 4 rings (SSSR count). The fourth-order valence-electron chi connectivity index (χ4n) is 2.56. The molecule has 4 aromatic rings. The van der Waals surface area contributed by atoms with Crippen LogP contribution in [-0.2, 0) is 0 Å². The van der Waals surface area contributed by atoms with Gasteiger partial charge in [0.25, 0.3) is 5.91 Å². The number of fused-ring (bicyclic) bond motifs is 1. The molecule has 26 heavy (non-hydrogen) atoms. The van der Waals surface area contributed by atoms with Gasteiger partial charge in [0.2, 0.25) is 0 Å². The molecule has 2 aromatic heterocycles. The first-order valence-corrected chi connectivity index (χ1v) is 7.85. The second kappa shape index (κ2) is 6.23. The molecule has 2 heterocycles. The number of hydrogen-bond donors (Lipinski definition) is 3. The standard InChI is InChI=1S/C17H10ClF2N5O/c18-8-4-5-11-12(6-8)23-16(22-11)15-13(7-21-25-15)24-17(26)14-9(19)2-1-3-10(14)20/h1-7H,(H,21,25)(H,22,23)(H,24,26). The SMILES string of the molecule is O=C(Nc1cn[nH]c1-c1nc2ccc(Cl)cc2[nH]1)c1c(F)cccc1F. The predicted molar refractivity (Wildman–Crippen MR) is 93.0 cm³/mol. The number of aromatic amines is 2. The Morgan fingerprint density at radius 1 is 1.15 bits per heavy atom. The molecule has 9 heteroatoms. The van der Waals surface area contributed by atoms with Gasteiger partial charge in [0.1, 0.15) is 22.9 Å². The number of nitrogens with zero attached hydrogens (tertiary/aromatic N) is 2. The van der Waals surface area contributed by atoms with Crippen LogP contribution in [0.15, 0.2) is 42.6 Å². The first-order valence-electron chi connectivity index (χ1n) is 7.47. The molecule has 0 saturated heterocycles. The Morgan fingerprint density at radius 2 is 1.92 bits per heavy atom. The summed E-state index contributed by atoms with van der Waals surface area (Å²) in [5.41, 5.74) is 1.28. The van der Waals surface area contributed by atoms with Crippen molar-refractivity contribution >= 4 is 34.2 Å². The second-order valence-corrected chi connectivity index (χ2v) is 5.89. The highest BCUT2D eigenvalue weighted by molar-refractivity contribution is 6.31. The summed E-state index contributed by atoms with van der Waals surface area (Å²) in [7, 11) is 0. The Hall–Kier alpha value is -3.26. The molecule has 0 fully saturated rings. The highest BCUT2D eigenvalue weighted by atomic mass is 35.5. The fraction of sp³-hybridized carbons (Fsp3) is 0. The quantitative estimate of drug-likeness (QED) is 0.504. The molecule has 0 bridgehead atoms. The van der Waals surface area contributed by atoms with E-state index in [0.717, 1.165) is 12.1 Å². The molecule has 0 saturated carbocycles. The highest BCUT2D eigenvalue weighted by Gasteiger charge is 2.20. The number of carbonyl (C=O) groups excluding carboxylic acids is 1. The summed E-state index contributed by atoms with van der Waals surface area (Å²) in [6.45, 7) is 0. The number of carbonyl (C=O) groups is 1. The Kier molecular flexibility index (Phi) is 3.89. The van der Waals surface area contributed by atoms with Crippen molar-refractivity contribution in [1.82, 2.24) is 20.2 Å². The summed E-state index contributed by atoms with van der Waals surface area (Å²) in [5, 5.41) is 9.56. The van der Waals surface area contributed by atoms with Crippen molar-refractivity contribution < 1.29 is 13.6 Å². The van der Waals surface area contributed by atoms with E-state index in [1.807, 2.05) is 0 Å². The van der Waals surface area contributed by atoms with Crippen LogP contribution < -0.4 is 5.32 Å². The van der Waals surface area contributed by atoms with E-state index in [0.29, 0.717) is 27.6 Å². The molecule has 6 nitrogen and oxygen atoms in total. The third-order valence-electron chi connectivity index (χ3n) is 3.76. The lowest BCUT2D eigenvalue weighted by Gasteiger charge is -2.06. The van der Waals surface area contributed by atoms with Crippen molar-refractivity contribution in [2.45, 2.75) is 0 Å². The summed E-state index contributed by atoms with van der Waals surface area (Å²) >= 11 is 5.95. The van der Waals surface area contributed by atoms with Gasteiger partial charge in [-0.2, -0.15) is 5.10 Å². The highest BCUT2D eigenvalue weighted by Crippen LogP contribution is 2.27. The smallest absolute Gasteiger partial charge is 0.261 e. The zero-order valence-electron chi connectivity index (χ0n) is 13.0. The summed E-state index contributed by atoms with van der Waals surface area (Å²) in [4.78, 5) is 19.7. The molecule has 0 aliphatic rings. The van der Waals surface area contributed by atoms with Crippen LogP contribution in [0.4, 0.5) is 14.5 Å². The molecule has 0 aliphatic heterocycles. The van der Waals surface area contributed by atoms with Crippen molar-refractivity contribution in [2.24, 2.45) is 0 Å². The van der Waals surface area contributed by atoms with Gasteiger partial charge in [-0.05, 0) is 30.3 Å². The zero-order valence-corrected chi connectivity index (χ0v) is 13.7. The summed E-state index contributed by atoms with van der Waals surface area (Å²) in [6.07, 6.45) is 1.33. The van der Waals surface area contributed by atoms with Crippen LogP contribution in [0.3, 0.4) is 0 Å². The number of rotatable bonds is 3. The maximum atomic E-state index is 13.8. The number of nitrogens with one attached hydrogen (secondary N) is 3. The minimum atomic E-state index is -0.953. The van der Waals surface area contributed by atoms with E-state index in [1.165, 1.54) is 12.3 Å². The third-order valence-corrected chi connectivity index (χ3v) is 3.99. The number of H-pyrrole nitrogens is 2. The Morgan fingerprint density at radius 3 is 2.69 bits per heavy atom. The number of hydrogen-bond acceptors (Lipinski definition) is 3. The molecular weight excluding hydrogens is 364 g/mol. The van der Waals surface area contributed by atoms with Crippen molar-refractivity contribution in [3.63, 3.8) is 0 Å². The maximum absolute atomic E-state index is 13.8. The van der Waals surface area contributed by atoms with Gasteiger partial charge in [-0.15, -0.1) is 0 Å². The maximum Gasteiger partial charge on any atom is 0.261 e. The van der Waals surface area contributed by atoms with Crippen LogP contribution >= 0.6 is 11.6 Å². The third kappa shape index (κ3) is 2.80. The van der Waals surface area contributed by atoms with Gasteiger partial charge in [0.15, 0.2) is 5.82 Å². The van der Waals surface area contributed by atoms with Crippen LogP contribution in [0, 0.1) is 11.6 Å². The number of amides is 1. The normalized spacial score (nSPS) is 11.0. The van der Waals surface area contributed by atoms with Gasteiger partial charge < -0.3 is 10.3 Å². The summed E-state index contributed by atoms with van der Waals surface area (Å²) in [6, 6.07) is 8.35. The molecule has 0 spiro atoms. The average molecular weight is 374 g/mol. The van der Waals surface area contributed by atoms with Crippen LogP contribution in [0.2, 0.25) is 5.02 Å². The van der Waals surface area contributed by atoms with E-state index < -0.39 is 23.1 Å². The predicted octanol–water partition coefficient (Wildman–Crippen LogP) is 4.14. The van der Waals surface area contributed by atoms with E-state index >= 15 is 0 Å². The van der Waals surface area contributed by atoms with Crippen molar-refractivity contribution in [3.05, 3.63) is 64.8 Å². The number of halogens is 3. The van der Waals surface area contributed by atoms with E-state index in [4.69, 9.17) is 11.6 Å². The van der Waals surface area contributed by atoms with Gasteiger partial charge in [0, 0.05) is 5.02 Å². The van der Waals surface area contributed by atoms with E-state index in [9.17, 15) is 13.6 Å². The minimum absolute atomic E-state index is 0.225. The summed E-state index contributed by atoms with van der Waals surface area (Å²) < 4.78 is 27.6. The molecule has 0 unspecified atom stereocenters. The Balaban J connectivity index is 1.69. The lowest BCUT2D eigenvalue weighted by molar-refractivity contribution is 0.101. The first-order chi connectivity index (χ1) is 12.5. The number of benzene rings is 2. The van der Waals surface area contributed by atoms with Crippen LogP contribution in [-0.4, -0.2) is 26.1 Å². The van der Waals surface area contributed by atoms with Gasteiger partial charge in [-0.3, -0.25) is 9.89 Å². The van der Waals surface area contributed by atoms with Crippen molar-refractivity contribution in [1.29, 1.82) is 0 Å². The number of aromatic nitrogens is 4. The molecule has 2 aromatic carbocycles. The second-order valence-electron chi connectivity index (χ2n) is 5.46. The lowest BCUT2D eigenvalue weighted by atomic mass is 10.2. The Labute approximate surface area is 150 Å². The number of imidazole rings is 1. The van der Waals surface area contributed by atoms with Crippen LogP contribution in [0.5, 0.6) is 0 Å². The fourth-order valence-corrected chi connectivity index (χ4v) is 2.73. The molecule has 3 N–H and O–H groups in total. The van der Waals surface area contributed by atoms with Gasteiger partial charge in [-0.1, -0.05) is 17.7 Å².